The van der Waals surface area contributed by atoms with Gasteiger partial charge in [0, 0.05) is 26.2 Å². The number of hydrogen-bond donors (Lipinski definition) is 1. The number of carbonyl (C=O) groups is 1. The number of amides is 1. The molecule has 0 aliphatic carbocycles. The minimum atomic E-state index is -0.541. The van der Waals surface area contributed by atoms with Crippen LogP contribution in [0, 0.1) is 5.82 Å². The van der Waals surface area contributed by atoms with Gasteiger partial charge in [0.1, 0.15) is 17.3 Å². The summed E-state index contributed by atoms with van der Waals surface area (Å²) in [6.07, 6.45) is -0.356. The molecule has 1 aromatic carbocycles. The van der Waals surface area contributed by atoms with Gasteiger partial charge in [0.25, 0.3) is 0 Å². The molecule has 0 spiro atoms. The van der Waals surface area contributed by atoms with Crippen molar-refractivity contribution >= 4 is 34.9 Å². The number of nitrogens with zero attached hydrogens (tertiary/aromatic N) is 3. The van der Waals surface area contributed by atoms with Crippen molar-refractivity contribution in [3.05, 3.63) is 24.0 Å². The second-order valence-corrected chi connectivity index (χ2v) is 7.07. The fourth-order valence-corrected chi connectivity index (χ4v) is 2.59. The van der Waals surface area contributed by atoms with Crippen LogP contribution in [0.3, 0.4) is 0 Å². The highest BCUT2D eigenvalue weighted by atomic mass is 35.5. The first-order valence-corrected chi connectivity index (χ1v) is 8.65. The number of amidine groups is 1. The largest absolute Gasteiger partial charge is 0.444 e. The molecule has 2 rings (SSSR count). The summed E-state index contributed by atoms with van der Waals surface area (Å²) in [5, 5.41) is 0. The van der Waals surface area contributed by atoms with E-state index in [4.69, 9.17) is 22.1 Å². The smallest absolute Gasteiger partial charge is 0.410 e. The maximum Gasteiger partial charge on any atom is 0.410 e. The molecule has 1 aliphatic rings. The molecule has 1 aliphatic heterocycles. The molecule has 1 amide bonds. The van der Waals surface area contributed by atoms with Crippen LogP contribution < -0.4 is 10.6 Å². The number of ether oxygens (including phenoxy) is 1. The summed E-state index contributed by atoms with van der Waals surface area (Å²) in [6.45, 7) is 7.31. The summed E-state index contributed by atoms with van der Waals surface area (Å²) in [4.78, 5) is 19.8. The first-order valence-electron chi connectivity index (χ1n) is 8.11. The Hall–Kier alpha value is -2.02. The Kier molecular flexibility index (Phi) is 6.11. The number of benzene rings is 1. The van der Waals surface area contributed by atoms with Gasteiger partial charge in [0.2, 0.25) is 0 Å². The zero-order chi connectivity index (χ0) is 18.6. The van der Waals surface area contributed by atoms with Crippen LogP contribution in [0.2, 0.25) is 0 Å². The third-order valence-electron chi connectivity index (χ3n) is 3.61. The summed E-state index contributed by atoms with van der Waals surface area (Å²) in [6, 6.07) is 4.65. The number of hydrogen-bond acceptors (Lipinski definition) is 4. The van der Waals surface area contributed by atoms with Crippen molar-refractivity contribution in [2.24, 2.45) is 10.7 Å². The summed E-state index contributed by atoms with van der Waals surface area (Å²) in [5.41, 5.74) is 5.95. The first-order chi connectivity index (χ1) is 11.7. The fraction of sp³-hybridized carbons (Fsp3) is 0.529. The minimum Gasteiger partial charge on any atom is -0.444 e. The lowest BCUT2D eigenvalue weighted by atomic mass is 10.2. The Morgan fingerprint density at radius 3 is 2.52 bits per heavy atom. The molecule has 1 aromatic rings. The second kappa shape index (κ2) is 7.91. The molecule has 0 bridgehead atoms. The molecule has 0 aromatic heterocycles. The molecule has 6 nitrogen and oxygen atoms in total. The number of para-hydroxylation sites is 1. The first kappa shape index (κ1) is 19.3. The Labute approximate surface area is 152 Å². The Balaban J connectivity index is 2.12. The predicted octanol–water partition coefficient (Wildman–Crippen LogP) is 3.11. The minimum absolute atomic E-state index is 0.0718. The number of piperazine rings is 1. The van der Waals surface area contributed by atoms with E-state index in [-0.39, 0.29) is 23.6 Å². The van der Waals surface area contributed by atoms with E-state index in [0.29, 0.717) is 37.6 Å². The van der Waals surface area contributed by atoms with Crippen molar-refractivity contribution < 1.29 is 13.9 Å². The standard InChI is InChI=1S/C17H24ClFN4O2/c1-17(2,3)25-16(24)23-9-7-22(8-10-23)15-12(19)5-4-6-13(15)21-14(20)11-18/h4-6H,7-11H2,1-3H3,(H2,20,21). The highest BCUT2D eigenvalue weighted by Crippen LogP contribution is 2.32. The van der Waals surface area contributed by atoms with Gasteiger partial charge in [0.05, 0.1) is 17.3 Å². The van der Waals surface area contributed by atoms with Gasteiger partial charge in [0.15, 0.2) is 0 Å². The Bertz CT molecular complexity index is 653. The van der Waals surface area contributed by atoms with Gasteiger partial charge < -0.3 is 20.3 Å². The quantitative estimate of drug-likeness (QED) is 0.504. The van der Waals surface area contributed by atoms with Crippen molar-refractivity contribution in [3.8, 4) is 0 Å². The van der Waals surface area contributed by atoms with E-state index in [1.54, 1.807) is 17.0 Å². The van der Waals surface area contributed by atoms with E-state index in [9.17, 15) is 9.18 Å². The van der Waals surface area contributed by atoms with Crippen molar-refractivity contribution in [1.82, 2.24) is 4.90 Å². The Morgan fingerprint density at radius 2 is 1.96 bits per heavy atom. The fourth-order valence-electron chi connectivity index (χ4n) is 2.53. The Morgan fingerprint density at radius 1 is 1.32 bits per heavy atom. The SMILES string of the molecule is CC(C)(C)OC(=O)N1CCN(c2c(F)cccc2N=C(N)CCl)CC1. The number of carbonyl (C=O) groups excluding carboxylic acids is 1. The average Bonchev–Trinajstić information content (AvgIpc) is 2.53. The second-order valence-electron chi connectivity index (χ2n) is 6.80. The normalized spacial score (nSPS) is 16.1. The van der Waals surface area contributed by atoms with Gasteiger partial charge in [-0.2, -0.15) is 0 Å². The van der Waals surface area contributed by atoms with E-state index < -0.39 is 5.60 Å². The molecule has 1 fully saturated rings. The van der Waals surface area contributed by atoms with Crippen LogP contribution in [0.25, 0.3) is 0 Å². The van der Waals surface area contributed by atoms with Crippen LogP contribution in [0.5, 0.6) is 0 Å². The van der Waals surface area contributed by atoms with Gasteiger partial charge in [-0.05, 0) is 32.9 Å². The predicted molar refractivity (Wildman–Crippen MR) is 98.4 cm³/mol. The van der Waals surface area contributed by atoms with Gasteiger partial charge in [-0.3, -0.25) is 0 Å². The summed E-state index contributed by atoms with van der Waals surface area (Å²) in [5.74, 6) is -0.0854. The van der Waals surface area contributed by atoms with Crippen LogP contribution in [0.4, 0.5) is 20.6 Å². The van der Waals surface area contributed by atoms with Crippen molar-refractivity contribution in [2.75, 3.05) is 37.0 Å². The van der Waals surface area contributed by atoms with Crippen LogP contribution in [0.1, 0.15) is 20.8 Å². The average molecular weight is 371 g/mol. The summed E-state index contributed by atoms with van der Waals surface area (Å²) < 4.78 is 19.8. The van der Waals surface area contributed by atoms with Crippen molar-refractivity contribution in [2.45, 2.75) is 26.4 Å². The maximum absolute atomic E-state index is 14.4. The van der Waals surface area contributed by atoms with Crippen LogP contribution in [-0.2, 0) is 4.74 Å². The van der Waals surface area contributed by atoms with E-state index in [0.717, 1.165) is 0 Å². The number of alkyl halides is 1. The molecule has 1 heterocycles. The zero-order valence-electron chi connectivity index (χ0n) is 14.8. The van der Waals surface area contributed by atoms with E-state index in [2.05, 4.69) is 4.99 Å². The van der Waals surface area contributed by atoms with Crippen molar-refractivity contribution in [1.29, 1.82) is 0 Å². The molecule has 0 atom stereocenters. The molecule has 138 valence electrons. The summed E-state index contributed by atoms with van der Waals surface area (Å²) in [7, 11) is 0. The van der Waals surface area contributed by atoms with Crippen LogP contribution in [-0.4, -0.2) is 54.5 Å². The number of nitrogens with two attached hydrogens (primary N) is 1. The molecule has 0 radical (unpaired) electrons. The third-order valence-corrected chi connectivity index (χ3v) is 3.89. The molecular weight excluding hydrogens is 347 g/mol. The van der Waals surface area contributed by atoms with Gasteiger partial charge in [-0.1, -0.05) is 6.07 Å². The zero-order valence-corrected chi connectivity index (χ0v) is 15.5. The van der Waals surface area contributed by atoms with E-state index >= 15 is 0 Å². The number of halogens is 2. The lowest BCUT2D eigenvalue weighted by Gasteiger charge is -2.37. The lowest BCUT2D eigenvalue weighted by molar-refractivity contribution is 0.0240. The highest BCUT2D eigenvalue weighted by molar-refractivity contribution is 6.28. The topological polar surface area (TPSA) is 71.2 Å². The lowest BCUT2D eigenvalue weighted by Crippen LogP contribution is -2.50. The number of anilines is 1. The number of aliphatic imine (C=N–C) groups is 1. The maximum atomic E-state index is 14.4. The summed E-state index contributed by atoms with van der Waals surface area (Å²) >= 11 is 5.67. The van der Waals surface area contributed by atoms with Crippen molar-refractivity contribution in [3.63, 3.8) is 0 Å². The van der Waals surface area contributed by atoms with E-state index in [1.807, 2.05) is 25.7 Å². The van der Waals surface area contributed by atoms with Crippen LogP contribution in [0.15, 0.2) is 23.2 Å². The molecule has 1 saturated heterocycles. The molecular formula is C17H24ClFN4O2. The monoisotopic (exact) mass is 370 g/mol. The van der Waals surface area contributed by atoms with Crippen LogP contribution >= 0.6 is 11.6 Å². The van der Waals surface area contributed by atoms with E-state index in [1.165, 1.54) is 6.07 Å². The van der Waals surface area contributed by atoms with Gasteiger partial charge >= 0.3 is 6.09 Å². The molecule has 0 saturated carbocycles. The third kappa shape index (κ3) is 5.22. The van der Waals surface area contributed by atoms with Gasteiger partial charge in [-0.25, -0.2) is 14.2 Å². The highest BCUT2D eigenvalue weighted by Gasteiger charge is 2.27. The molecule has 8 heteroatoms. The van der Waals surface area contributed by atoms with Gasteiger partial charge in [-0.15, -0.1) is 11.6 Å². The molecule has 25 heavy (non-hydrogen) atoms. The number of rotatable bonds is 3. The molecule has 2 N–H and O–H groups in total. The molecule has 0 unspecified atom stereocenters.